The van der Waals surface area contributed by atoms with Crippen LogP contribution in [0.2, 0.25) is 0 Å². The van der Waals surface area contributed by atoms with E-state index in [1.807, 2.05) is 13.8 Å². The third kappa shape index (κ3) is 2.25. The van der Waals surface area contributed by atoms with Crippen LogP contribution in [0.5, 0.6) is 5.75 Å². The minimum Gasteiger partial charge on any atom is -0.509 e. The average Bonchev–Trinajstić information content (AvgIpc) is 2.34. The average molecular weight is 170 g/mol. The molecule has 1 rings (SSSR count). The highest BCUT2D eigenvalue weighted by Crippen LogP contribution is 2.11. The quantitative estimate of drug-likeness (QED) is 0.617. The Labute approximate surface area is 70.8 Å². The molecule has 6 heteroatoms. The molecule has 0 amide bonds. The molecule has 0 spiro atoms. The summed E-state index contributed by atoms with van der Waals surface area (Å²) >= 11 is 0. The lowest BCUT2D eigenvalue weighted by Crippen LogP contribution is -2.20. The van der Waals surface area contributed by atoms with Crippen molar-refractivity contribution in [2.75, 3.05) is 0 Å². The zero-order chi connectivity index (χ0) is 9.14. The Morgan fingerprint density at radius 1 is 1.58 bits per heavy atom. The molecule has 0 aliphatic heterocycles. The molecule has 5 nitrogen and oxygen atoms in total. The summed E-state index contributed by atoms with van der Waals surface area (Å²) in [5.74, 6) is 0.346. The van der Waals surface area contributed by atoms with Crippen LogP contribution in [0.1, 0.15) is 19.9 Å². The number of rotatable bonds is 3. The van der Waals surface area contributed by atoms with E-state index in [0.717, 1.165) is 0 Å². The van der Waals surface area contributed by atoms with Gasteiger partial charge in [0.2, 0.25) is 0 Å². The van der Waals surface area contributed by atoms with Gasteiger partial charge in [0.1, 0.15) is 5.75 Å². The zero-order valence-electron chi connectivity index (χ0n) is 7.01. The van der Waals surface area contributed by atoms with E-state index in [1.165, 1.54) is 6.20 Å². The van der Waals surface area contributed by atoms with Crippen LogP contribution >= 0.6 is 0 Å². The van der Waals surface area contributed by atoms with Crippen LogP contribution < -0.4 is 4.65 Å². The standard InChI is InChI=1S/C6H11BN2O3/c1-5(2)9-4-6(3-8-9)12-7(10)11/h3-5,10-11H,1-2H3. The van der Waals surface area contributed by atoms with Crippen LogP contribution in [0.15, 0.2) is 12.4 Å². The van der Waals surface area contributed by atoms with Gasteiger partial charge in [-0.3, -0.25) is 4.68 Å². The van der Waals surface area contributed by atoms with Crippen molar-refractivity contribution in [3.05, 3.63) is 12.4 Å². The Hall–Kier alpha value is -1.01. The van der Waals surface area contributed by atoms with Gasteiger partial charge in [0.05, 0.1) is 12.4 Å². The van der Waals surface area contributed by atoms with Gasteiger partial charge in [0, 0.05) is 6.04 Å². The minimum atomic E-state index is -1.78. The second-order valence-corrected chi connectivity index (χ2v) is 2.69. The van der Waals surface area contributed by atoms with Gasteiger partial charge in [-0.05, 0) is 13.8 Å². The molecule has 1 heterocycles. The monoisotopic (exact) mass is 170 g/mol. The van der Waals surface area contributed by atoms with E-state index in [9.17, 15) is 0 Å². The molecule has 1 aromatic heterocycles. The largest absolute Gasteiger partial charge is 0.707 e. The third-order valence-electron chi connectivity index (χ3n) is 1.35. The van der Waals surface area contributed by atoms with Crippen molar-refractivity contribution in [3.63, 3.8) is 0 Å². The fourth-order valence-corrected chi connectivity index (χ4v) is 0.786. The maximum atomic E-state index is 8.45. The molecule has 0 unspecified atom stereocenters. The molecule has 0 atom stereocenters. The lowest BCUT2D eigenvalue weighted by Gasteiger charge is -2.03. The van der Waals surface area contributed by atoms with Crippen molar-refractivity contribution in [1.82, 2.24) is 9.78 Å². The number of nitrogens with zero attached hydrogens (tertiary/aromatic N) is 2. The second-order valence-electron chi connectivity index (χ2n) is 2.69. The number of hydrogen-bond acceptors (Lipinski definition) is 4. The highest BCUT2D eigenvalue weighted by Gasteiger charge is 2.12. The summed E-state index contributed by atoms with van der Waals surface area (Å²) in [5, 5.41) is 20.8. The molecule has 0 fully saturated rings. The fraction of sp³-hybridized carbons (Fsp3) is 0.500. The molecule has 0 aliphatic carbocycles. The summed E-state index contributed by atoms with van der Waals surface area (Å²) in [7, 11) is -1.78. The van der Waals surface area contributed by atoms with Gasteiger partial charge in [-0.25, -0.2) is 0 Å². The van der Waals surface area contributed by atoms with Gasteiger partial charge >= 0.3 is 7.32 Å². The molecular formula is C6H11BN2O3. The summed E-state index contributed by atoms with van der Waals surface area (Å²) in [6.07, 6.45) is 3.03. The Kier molecular flexibility index (Phi) is 2.72. The minimum absolute atomic E-state index is 0.234. The van der Waals surface area contributed by atoms with E-state index in [4.69, 9.17) is 10.0 Å². The van der Waals surface area contributed by atoms with E-state index >= 15 is 0 Å². The molecular weight excluding hydrogens is 159 g/mol. The molecule has 0 bridgehead atoms. The molecule has 0 saturated heterocycles. The Morgan fingerprint density at radius 2 is 2.25 bits per heavy atom. The normalized spacial score (nSPS) is 10.4. The second kappa shape index (κ2) is 3.60. The van der Waals surface area contributed by atoms with Gasteiger partial charge in [0.15, 0.2) is 0 Å². The number of aromatic nitrogens is 2. The Morgan fingerprint density at radius 3 is 2.67 bits per heavy atom. The van der Waals surface area contributed by atoms with E-state index in [-0.39, 0.29) is 6.04 Å². The molecule has 2 N–H and O–H groups in total. The van der Waals surface area contributed by atoms with Crippen molar-refractivity contribution in [1.29, 1.82) is 0 Å². The SMILES string of the molecule is CC(C)n1cc(OB(O)O)cn1. The van der Waals surface area contributed by atoms with Gasteiger partial charge in [0.25, 0.3) is 0 Å². The predicted octanol–water partition coefficient (Wildman–Crippen LogP) is -0.188. The van der Waals surface area contributed by atoms with Gasteiger partial charge in [-0.15, -0.1) is 0 Å². The first-order chi connectivity index (χ1) is 5.59. The predicted molar refractivity (Wildman–Crippen MR) is 43.4 cm³/mol. The molecule has 1 aromatic rings. The Bertz CT molecular complexity index is 249. The van der Waals surface area contributed by atoms with Crippen LogP contribution in [0.25, 0.3) is 0 Å². The van der Waals surface area contributed by atoms with E-state index < -0.39 is 7.32 Å². The summed E-state index contributed by atoms with van der Waals surface area (Å²) < 4.78 is 6.24. The van der Waals surface area contributed by atoms with Crippen molar-refractivity contribution < 1.29 is 14.7 Å². The highest BCUT2D eigenvalue weighted by molar-refractivity contribution is 6.33. The van der Waals surface area contributed by atoms with Crippen molar-refractivity contribution in [2.24, 2.45) is 0 Å². The van der Waals surface area contributed by atoms with Gasteiger partial charge in [-0.2, -0.15) is 5.10 Å². The summed E-state index contributed by atoms with van der Waals surface area (Å²) in [4.78, 5) is 0. The molecule has 0 aromatic carbocycles. The molecule has 0 aliphatic rings. The molecule has 0 radical (unpaired) electrons. The lowest BCUT2D eigenvalue weighted by molar-refractivity contribution is 0.288. The van der Waals surface area contributed by atoms with Crippen LogP contribution in [0, 0.1) is 0 Å². The van der Waals surface area contributed by atoms with E-state index in [1.54, 1.807) is 10.9 Å². The fourth-order valence-electron chi connectivity index (χ4n) is 0.786. The maximum Gasteiger partial charge on any atom is 0.707 e. The third-order valence-corrected chi connectivity index (χ3v) is 1.35. The lowest BCUT2D eigenvalue weighted by atomic mass is 10.2. The van der Waals surface area contributed by atoms with Crippen molar-refractivity contribution in [3.8, 4) is 5.75 Å². The molecule has 0 saturated carbocycles. The van der Waals surface area contributed by atoms with Crippen LogP contribution in [-0.2, 0) is 0 Å². The Balaban J connectivity index is 2.64. The van der Waals surface area contributed by atoms with Crippen LogP contribution in [-0.4, -0.2) is 27.1 Å². The number of hydrogen-bond donors (Lipinski definition) is 2. The first-order valence-electron chi connectivity index (χ1n) is 3.66. The first-order valence-corrected chi connectivity index (χ1v) is 3.66. The van der Waals surface area contributed by atoms with Gasteiger partial charge in [-0.1, -0.05) is 0 Å². The van der Waals surface area contributed by atoms with Crippen molar-refractivity contribution in [2.45, 2.75) is 19.9 Å². The highest BCUT2D eigenvalue weighted by atomic mass is 16.6. The van der Waals surface area contributed by atoms with Crippen LogP contribution in [0.4, 0.5) is 0 Å². The van der Waals surface area contributed by atoms with E-state index in [2.05, 4.69) is 9.75 Å². The summed E-state index contributed by atoms with van der Waals surface area (Å²) in [6.45, 7) is 3.93. The maximum absolute atomic E-state index is 8.45. The molecule has 66 valence electrons. The molecule has 12 heavy (non-hydrogen) atoms. The van der Waals surface area contributed by atoms with E-state index in [0.29, 0.717) is 5.75 Å². The summed E-state index contributed by atoms with van der Waals surface area (Å²) in [6, 6.07) is 0.234. The van der Waals surface area contributed by atoms with Crippen molar-refractivity contribution >= 4 is 7.32 Å². The first kappa shape index (κ1) is 9.09. The topological polar surface area (TPSA) is 67.5 Å². The summed E-state index contributed by atoms with van der Waals surface area (Å²) in [5.41, 5.74) is 0. The van der Waals surface area contributed by atoms with Crippen LogP contribution in [0.3, 0.4) is 0 Å². The van der Waals surface area contributed by atoms with Gasteiger partial charge < -0.3 is 14.7 Å². The zero-order valence-corrected chi connectivity index (χ0v) is 7.01. The smallest absolute Gasteiger partial charge is 0.509 e.